The van der Waals surface area contributed by atoms with Gasteiger partial charge in [-0.25, -0.2) is 4.79 Å². The van der Waals surface area contributed by atoms with Crippen LogP contribution in [0.15, 0.2) is 60.7 Å². The maximum Gasteiger partial charge on any atom is 0.372 e. The molecule has 0 heterocycles. The first-order valence-electron chi connectivity index (χ1n) is 13.2. The molecule has 0 spiro atoms. The zero-order valence-corrected chi connectivity index (χ0v) is 24.4. The van der Waals surface area contributed by atoms with Crippen LogP contribution in [-0.2, 0) is 17.7 Å². The summed E-state index contributed by atoms with van der Waals surface area (Å²) in [5, 5.41) is 8.23. The van der Waals surface area contributed by atoms with Crippen LogP contribution in [0.25, 0.3) is 0 Å². The summed E-state index contributed by atoms with van der Waals surface area (Å²) >= 11 is 0. The van der Waals surface area contributed by atoms with Crippen LogP contribution in [0.2, 0.25) is 12.1 Å². The van der Waals surface area contributed by atoms with Gasteiger partial charge in [0.25, 0.3) is 0 Å². The van der Waals surface area contributed by atoms with Gasteiger partial charge in [-0.1, -0.05) is 60.7 Å². The van der Waals surface area contributed by atoms with Gasteiger partial charge in [0.2, 0.25) is 0 Å². The zero-order chi connectivity index (χ0) is 26.1. The van der Waals surface area contributed by atoms with E-state index in [9.17, 15) is 4.79 Å². The Morgan fingerprint density at radius 2 is 0.944 bits per heavy atom. The third-order valence-corrected chi connectivity index (χ3v) is 13.3. The summed E-state index contributed by atoms with van der Waals surface area (Å²) < 4.78 is 24.9. The smallest absolute Gasteiger partial charge is 0.372 e. The summed E-state index contributed by atoms with van der Waals surface area (Å²) in [6.45, 7) is 11.5. The zero-order valence-electron chi connectivity index (χ0n) is 22.4. The summed E-state index contributed by atoms with van der Waals surface area (Å²) in [7, 11) is -5.08. The van der Waals surface area contributed by atoms with E-state index < -0.39 is 17.1 Å². The summed E-state index contributed by atoms with van der Waals surface area (Å²) in [5.41, 5.74) is 0. The van der Waals surface area contributed by atoms with Crippen LogP contribution in [0, 0.1) is 0 Å². The second kappa shape index (κ2) is 16.7. The molecular formula is C27H44N2O5Si2. The maximum absolute atomic E-state index is 12.4. The first-order chi connectivity index (χ1) is 17.6. The fourth-order valence-electron chi connectivity index (χ4n) is 4.42. The molecule has 0 radical (unpaired) electrons. The van der Waals surface area contributed by atoms with Gasteiger partial charge in [0.05, 0.1) is 0 Å². The second-order valence-corrected chi connectivity index (χ2v) is 14.7. The van der Waals surface area contributed by atoms with E-state index in [0.717, 1.165) is 35.3 Å². The highest BCUT2D eigenvalue weighted by molar-refractivity contribution is 6.81. The maximum atomic E-state index is 12.4. The van der Waals surface area contributed by atoms with Crippen LogP contribution in [0.5, 0.6) is 0 Å². The van der Waals surface area contributed by atoms with Crippen molar-refractivity contribution in [3.05, 3.63) is 60.7 Å². The molecule has 0 atom stereocenters. The Bertz CT molecular complexity index is 776. The summed E-state index contributed by atoms with van der Waals surface area (Å²) in [5.74, 6) is 0. The molecule has 9 heteroatoms. The normalized spacial score (nSPS) is 11.9. The first-order valence-corrected chi connectivity index (χ1v) is 17.3. The van der Waals surface area contributed by atoms with E-state index in [4.69, 9.17) is 17.7 Å². The number of carbonyl (C=O) groups excluding carboxylic acids is 1. The highest BCUT2D eigenvalue weighted by atomic mass is 28.4. The van der Waals surface area contributed by atoms with Crippen molar-refractivity contribution in [2.45, 2.75) is 52.6 Å². The van der Waals surface area contributed by atoms with E-state index in [1.54, 1.807) is 0 Å². The number of amides is 2. The summed E-state index contributed by atoms with van der Waals surface area (Å²) in [6.07, 6.45) is 1.57. The summed E-state index contributed by atoms with van der Waals surface area (Å²) in [6, 6.07) is 21.8. The van der Waals surface area contributed by atoms with Gasteiger partial charge in [-0.3, -0.25) is 0 Å². The standard InChI is InChI=1S/C27H44N2O5Si2/c1-5-31-35(32-6-2,25-17-11-9-12-18-25)23-15-21-28-27(30)29-22-16-24-36(33-7-3,34-8-4)26-19-13-10-14-20-26/h9-14,17-20H,5-8,15-16,21-24H2,1-4H3,(H2,28,29,30). The highest BCUT2D eigenvalue weighted by Gasteiger charge is 2.40. The van der Waals surface area contributed by atoms with E-state index in [2.05, 4.69) is 34.9 Å². The molecule has 200 valence electrons. The van der Waals surface area contributed by atoms with Gasteiger partial charge < -0.3 is 28.3 Å². The topological polar surface area (TPSA) is 78.1 Å². The van der Waals surface area contributed by atoms with E-state index in [0.29, 0.717) is 39.5 Å². The molecule has 7 nitrogen and oxygen atoms in total. The predicted molar refractivity (Wildman–Crippen MR) is 150 cm³/mol. The Hall–Kier alpha value is -2.02. The molecular weight excluding hydrogens is 488 g/mol. The van der Waals surface area contributed by atoms with Crippen molar-refractivity contribution in [2.24, 2.45) is 0 Å². The number of hydrogen-bond donors (Lipinski definition) is 2. The fourth-order valence-corrected chi connectivity index (χ4v) is 11.0. The first kappa shape index (κ1) is 30.2. The molecule has 0 bridgehead atoms. The van der Waals surface area contributed by atoms with Crippen molar-refractivity contribution in [1.82, 2.24) is 10.6 Å². The molecule has 0 saturated heterocycles. The van der Waals surface area contributed by atoms with Gasteiger partial charge in [0, 0.05) is 39.5 Å². The van der Waals surface area contributed by atoms with Gasteiger partial charge in [-0.2, -0.15) is 0 Å². The molecule has 0 aliphatic rings. The van der Waals surface area contributed by atoms with Crippen LogP contribution < -0.4 is 21.0 Å². The number of urea groups is 1. The lowest BCUT2D eigenvalue weighted by Crippen LogP contribution is -2.54. The molecule has 0 aliphatic heterocycles. The van der Waals surface area contributed by atoms with E-state index >= 15 is 0 Å². The van der Waals surface area contributed by atoms with Crippen molar-refractivity contribution >= 4 is 33.5 Å². The van der Waals surface area contributed by atoms with Crippen molar-refractivity contribution < 1.29 is 22.5 Å². The summed E-state index contributed by atoms with van der Waals surface area (Å²) in [4.78, 5) is 12.4. The molecule has 2 aromatic rings. The fraction of sp³-hybridized carbons (Fsp3) is 0.519. The number of rotatable bonds is 18. The van der Waals surface area contributed by atoms with Gasteiger partial charge in [0.15, 0.2) is 0 Å². The molecule has 2 N–H and O–H groups in total. The molecule has 0 unspecified atom stereocenters. The van der Waals surface area contributed by atoms with Crippen LogP contribution >= 0.6 is 0 Å². The van der Waals surface area contributed by atoms with Crippen molar-refractivity contribution in [1.29, 1.82) is 0 Å². The third kappa shape index (κ3) is 9.13. The number of nitrogens with one attached hydrogen (secondary N) is 2. The van der Waals surface area contributed by atoms with E-state index in [1.165, 1.54) is 0 Å². The highest BCUT2D eigenvalue weighted by Crippen LogP contribution is 2.18. The SMILES string of the molecule is CCO[Si](CCCNC(=O)NCCC[Si](OCC)(OCC)c1ccccc1)(OCC)c1ccccc1. The van der Waals surface area contributed by atoms with Crippen molar-refractivity contribution in [3.8, 4) is 0 Å². The average molecular weight is 533 g/mol. The van der Waals surface area contributed by atoms with Crippen LogP contribution in [0.3, 0.4) is 0 Å². The lowest BCUT2D eigenvalue weighted by Gasteiger charge is -2.30. The molecule has 0 aliphatic carbocycles. The number of carbonyl (C=O) groups is 1. The minimum Gasteiger partial charge on any atom is -0.391 e. The van der Waals surface area contributed by atoms with Gasteiger partial charge in [-0.15, -0.1) is 0 Å². The third-order valence-electron chi connectivity index (χ3n) is 5.87. The quantitative estimate of drug-likeness (QED) is 0.225. The Balaban J connectivity index is 1.82. The molecule has 0 saturated carbocycles. The Kier molecular flexibility index (Phi) is 14.0. The van der Waals surface area contributed by atoms with E-state index in [-0.39, 0.29) is 6.03 Å². The molecule has 2 aromatic carbocycles. The number of hydrogen-bond acceptors (Lipinski definition) is 5. The van der Waals surface area contributed by atoms with E-state index in [1.807, 2.05) is 64.1 Å². The predicted octanol–water partition coefficient (Wildman–Crippen LogP) is 3.91. The van der Waals surface area contributed by atoms with Gasteiger partial charge in [0.1, 0.15) is 0 Å². The number of benzene rings is 2. The molecule has 2 rings (SSSR count). The Morgan fingerprint density at radius 3 is 1.25 bits per heavy atom. The monoisotopic (exact) mass is 532 g/mol. The largest absolute Gasteiger partial charge is 0.391 e. The van der Waals surface area contributed by atoms with Gasteiger partial charge in [-0.05, 0) is 63.0 Å². The van der Waals surface area contributed by atoms with Crippen molar-refractivity contribution in [3.63, 3.8) is 0 Å². The minimum absolute atomic E-state index is 0.158. The molecule has 2 amide bonds. The molecule has 0 aromatic heterocycles. The molecule has 0 fully saturated rings. The van der Waals surface area contributed by atoms with Crippen LogP contribution in [0.1, 0.15) is 40.5 Å². The van der Waals surface area contributed by atoms with Gasteiger partial charge >= 0.3 is 23.2 Å². The Labute approximate surface area is 219 Å². The minimum atomic E-state index is -2.54. The van der Waals surface area contributed by atoms with Crippen LogP contribution in [0.4, 0.5) is 4.79 Å². The Morgan fingerprint density at radius 1 is 0.611 bits per heavy atom. The second-order valence-electron chi connectivity index (χ2n) is 8.36. The average Bonchev–Trinajstić information content (AvgIpc) is 2.90. The lowest BCUT2D eigenvalue weighted by molar-refractivity contribution is 0.194. The molecule has 36 heavy (non-hydrogen) atoms. The van der Waals surface area contributed by atoms with Crippen LogP contribution in [-0.4, -0.2) is 62.7 Å². The van der Waals surface area contributed by atoms with Crippen molar-refractivity contribution in [2.75, 3.05) is 39.5 Å². The lowest BCUT2D eigenvalue weighted by atomic mass is 10.4.